The number of carbonyl (C=O) groups excluding carboxylic acids is 1. The maximum atomic E-state index is 12.3. The van der Waals surface area contributed by atoms with E-state index in [2.05, 4.69) is 0 Å². The molecule has 0 spiro atoms. The Kier molecular flexibility index (Phi) is 4.35. The third kappa shape index (κ3) is 3.39. The lowest BCUT2D eigenvalue weighted by molar-refractivity contribution is -0.142. The highest BCUT2D eigenvalue weighted by Gasteiger charge is 2.36. The fourth-order valence-electron chi connectivity index (χ4n) is 2.84. The zero-order chi connectivity index (χ0) is 12.3. The molecule has 4 heteroatoms. The third-order valence-corrected chi connectivity index (χ3v) is 4.11. The van der Waals surface area contributed by atoms with Crippen LogP contribution in [-0.4, -0.2) is 30.3 Å². The van der Waals surface area contributed by atoms with Gasteiger partial charge in [0.25, 0.3) is 0 Å². The second-order valence-corrected chi connectivity index (χ2v) is 5.44. The van der Waals surface area contributed by atoms with E-state index in [1.165, 1.54) is 32.1 Å². The SMILES string of the molecule is O=C(CCC1CCCCC1)N1CC(C(F)F)C1. The van der Waals surface area contributed by atoms with E-state index in [1.54, 1.807) is 4.90 Å². The van der Waals surface area contributed by atoms with Crippen LogP contribution in [0.2, 0.25) is 0 Å². The molecule has 0 unspecified atom stereocenters. The molecule has 1 saturated heterocycles. The van der Waals surface area contributed by atoms with E-state index in [4.69, 9.17) is 0 Å². The second-order valence-electron chi connectivity index (χ2n) is 5.44. The number of hydrogen-bond donors (Lipinski definition) is 0. The summed E-state index contributed by atoms with van der Waals surface area (Å²) in [6.45, 7) is 0.530. The molecule has 1 aliphatic carbocycles. The lowest BCUT2D eigenvalue weighted by atomic mass is 9.86. The number of carbonyl (C=O) groups is 1. The largest absolute Gasteiger partial charge is 0.342 e. The Morgan fingerprint density at radius 2 is 1.82 bits per heavy atom. The van der Waals surface area contributed by atoms with Gasteiger partial charge in [-0.3, -0.25) is 4.79 Å². The Balaban J connectivity index is 1.61. The predicted octanol–water partition coefficient (Wildman–Crippen LogP) is 3.07. The van der Waals surface area contributed by atoms with Crippen LogP contribution in [0, 0.1) is 11.8 Å². The zero-order valence-electron chi connectivity index (χ0n) is 10.2. The van der Waals surface area contributed by atoms with Crippen molar-refractivity contribution < 1.29 is 13.6 Å². The summed E-state index contributed by atoms with van der Waals surface area (Å²) >= 11 is 0. The molecule has 2 nitrogen and oxygen atoms in total. The van der Waals surface area contributed by atoms with E-state index in [9.17, 15) is 13.6 Å². The van der Waals surface area contributed by atoms with Crippen LogP contribution in [0.25, 0.3) is 0 Å². The maximum absolute atomic E-state index is 12.3. The van der Waals surface area contributed by atoms with E-state index < -0.39 is 12.3 Å². The van der Waals surface area contributed by atoms with Gasteiger partial charge >= 0.3 is 0 Å². The Hall–Kier alpha value is -0.670. The van der Waals surface area contributed by atoms with Gasteiger partial charge in [0.15, 0.2) is 0 Å². The van der Waals surface area contributed by atoms with Crippen molar-refractivity contribution in [2.45, 2.75) is 51.4 Å². The highest BCUT2D eigenvalue weighted by atomic mass is 19.3. The standard InChI is InChI=1S/C13H21F2NO/c14-13(15)11-8-16(9-11)12(17)7-6-10-4-2-1-3-5-10/h10-11,13H,1-9H2. The van der Waals surface area contributed by atoms with E-state index in [-0.39, 0.29) is 19.0 Å². The molecule has 1 heterocycles. The van der Waals surface area contributed by atoms with E-state index in [0.717, 1.165) is 6.42 Å². The van der Waals surface area contributed by atoms with Gasteiger partial charge in [0.05, 0.1) is 5.92 Å². The van der Waals surface area contributed by atoms with Crippen LogP contribution >= 0.6 is 0 Å². The minimum absolute atomic E-state index is 0.0764. The van der Waals surface area contributed by atoms with Crippen LogP contribution < -0.4 is 0 Å². The number of nitrogens with zero attached hydrogens (tertiary/aromatic N) is 1. The molecule has 1 amide bonds. The average molecular weight is 245 g/mol. The summed E-state index contributed by atoms with van der Waals surface area (Å²) in [5, 5.41) is 0. The molecule has 0 aromatic carbocycles. The summed E-state index contributed by atoms with van der Waals surface area (Å²) in [4.78, 5) is 13.3. The Bertz CT molecular complexity index is 258. The molecule has 0 radical (unpaired) electrons. The Labute approximate surface area is 101 Å². The molecule has 1 saturated carbocycles. The first-order chi connectivity index (χ1) is 8.16. The summed E-state index contributed by atoms with van der Waals surface area (Å²) in [6, 6.07) is 0. The summed E-state index contributed by atoms with van der Waals surface area (Å²) in [7, 11) is 0. The van der Waals surface area contributed by atoms with Gasteiger partial charge in [-0.2, -0.15) is 0 Å². The molecule has 0 atom stereocenters. The van der Waals surface area contributed by atoms with Crippen molar-refractivity contribution in [2.24, 2.45) is 11.8 Å². The number of hydrogen-bond acceptors (Lipinski definition) is 1. The van der Waals surface area contributed by atoms with Crippen molar-refractivity contribution in [3.8, 4) is 0 Å². The molecule has 2 aliphatic rings. The minimum atomic E-state index is -2.27. The van der Waals surface area contributed by atoms with Crippen LogP contribution in [0.3, 0.4) is 0 Å². The minimum Gasteiger partial charge on any atom is -0.342 e. The fourth-order valence-corrected chi connectivity index (χ4v) is 2.84. The lowest BCUT2D eigenvalue weighted by Gasteiger charge is -2.39. The van der Waals surface area contributed by atoms with Crippen molar-refractivity contribution in [3.63, 3.8) is 0 Å². The number of amides is 1. The highest BCUT2D eigenvalue weighted by Crippen LogP contribution is 2.29. The number of halogens is 2. The van der Waals surface area contributed by atoms with Crippen molar-refractivity contribution in [2.75, 3.05) is 13.1 Å². The van der Waals surface area contributed by atoms with Gasteiger partial charge in [-0.1, -0.05) is 32.1 Å². The molecule has 0 N–H and O–H groups in total. The topological polar surface area (TPSA) is 20.3 Å². The first kappa shape index (κ1) is 12.8. The summed E-state index contributed by atoms with van der Waals surface area (Å²) in [5.74, 6) is 0.195. The van der Waals surface area contributed by atoms with Crippen LogP contribution in [0.1, 0.15) is 44.9 Å². The van der Waals surface area contributed by atoms with Crippen molar-refractivity contribution >= 4 is 5.91 Å². The molecule has 2 rings (SSSR count). The van der Waals surface area contributed by atoms with Gasteiger partial charge in [-0.05, 0) is 12.3 Å². The van der Waals surface area contributed by atoms with Crippen LogP contribution in [-0.2, 0) is 4.79 Å². The lowest BCUT2D eigenvalue weighted by Crippen LogP contribution is -2.52. The first-order valence-electron chi connectivity index (χ1n) is 6.72. The quantitative estimate of drug-likeness (QED) is 0.745. The molecule has 2 fully saturated rings. The first-order valence-corrected chi connectivity index (χ1v) is 6.72. The molecule has 0 bridgehead atoms. The molecule has 0 aromatic heterocycles. The Morgan fingerprint density at radius 1 is 1.18 bits per heavy atom. The van der Waals surface area contributed by atoms with Gasteiger partial charge in [0.1, 0.15) is 0 Å². The zero-order valence-corrected chi connectivity index (χ0v) is 10.2. The fraction of sp³-hybridized carbons (Fsp3) is 0.923. The molecular formula is C13H21F2NO. The van der Waals surface area contributed by atoms with E-state index >= 15 is 0 Å². The van der Waals surface area contributed by atoms with Crippen LogP contribution in [0.15, 0.2) is 0 Å². The normalized spacial score (nSPS) is 22.9. The van der Waals surface area contributed by atoms with Gasteiger partial charge in [0.2, 0.25) is 12.3 Å². The second kappa shape index (κ2) is 5.78. The summed E-state index contributed by atoms with van der Waals surface area (Å²) in [5.41, 5.74) is 0. The van der Waals surface area contributed by atoms with Gasteiger partial charge in [-0.25, -0.2) is 8.78 Å². The predicted molar refractivity (Wildman–Crippen MR) is 61.9 cm³/mol. The van der Waals surface area contributed by atoms with Gasteiger partial charge < -0.3 is 4.90 Å². The van der Waals surface area contributed by atoms with Crippen molar-refractivity contribution in [1.29, 1.82) is 0 Å². The van der Waals surface area contributed by atoms with Crippen molar-refractivity contribution in [3.05, 3.63) is 0 Å². The van der Waals surface area contributed by atoms with Crippen LogP contribution in [0.4, 0.5) is 8.78 Å². The van der Waals surface area contributed by atoms with Gasteiger partial charge in [0, 0.05) is 19.5 Å². The molecule has 1 aliphatic heterocycles. The van der Waals surface area contributed by atoms with Crippen molar-refractivity contribution in [1.82, 2.24) is 4.90 Å². The molecule has 17 heavy (non-hydrogen) atoms. The number of likely N-dealkylation sites (tertiary alicyclic amines) is 1. The number of alkyl halides is 2. The number of rotatable bonds is 4. The maximum Gasteiger partial charge on any atom is 0.244 e. The third-order valence-electron chi connectivity index (χ3n) is 4.11. The monoisotopic (exact) mass is 245 g/mol. The molecule has 0 aromatic rings. The molecule has 98 valence electrons. The smallest absolute Gasteiger partial charge is 0.244 e. The average Bonchev–Trinajstić information content (AvgIpc) is 2.25. The van der Waals surface area contributed by atoms with E-state index in [0.29, 0.717) is 12.3 Å². The van der Waals surface area contributed by atoms with Gasteiger partial charge in [-0.15, -0.1) is 0 Å². The van der Waals surface area contributed by atoms with E-state index in [1.807, 2.05) is 0 Å². The Morgan fingerprint density at radius 3 is 2.41 bits per heavy atom. The summed E-state index contributed by atoms with van der Waals surface area (Å²) < 4.78 is 24.5. The highest BCUT2D eigenvalue weighted by molar-refractivity contribution is 5.77. The summed E-state index contributed by atoms with van der Waals surface area (Å²) in [6.07, 6.45) is 5.63. The van der Waals surface area contributed by atoms with Crippen LogP contribution in [0.5, 0.6) is 0 Å². The molecular weight excluding hydrogens is 224 g/mol.